The molecular formula is C16H13Cl3N2O2. The summed E-state index contributed by atoms with van der Waals surface area (Å²) in [7, 11) is 1.48. The zero-order valence-electron chi connectivity index (χ0n) is 12.4. The second-order valence-corrected chi connectivity index (χ2v) is 5.94. The summed E-state index contributed by atoms with van der Waals surface area (Å²) in [6.45, 7) is 1.89. The number of aryl methyl sites for hydroxylation is 1. The zero-order valence-corrected chi connectivity index (χ0v) is 14.6. The lowest BCUT2D eigenvalue weighted by Crippen LogP contribution is -2.18. The number of hydrogen-bond donors (Lipinski definition) is 1. The molecule has 7 heteroatoms. The van der Waals surface area contributed by atoms with Crippen molar-refractivity contribution in [3.8, 4) is 5.75 Å². The normalized spacial score (nSPS) is 10.8. The van der Waals surface area contributed by atoms with E-state index in [0.29, 0.717) is 31.9 Å². The van der Waals surface area contributed by atoms with Gasteiger partial charge >= 0.3 is 0 Å². The molecule has 0 bridgehead atoms. The minimum atomic E-state index is -0.418. The van der Waals surface area contributed by atoms with Gasteiger partial charge in [0.1, 0.15) is 5.75 Å². The molecule has 0 spiro atoms. The van der Waals surface area contributed by atoms with Crippen LogP contribution in [-0.2, 0) is 0 Å². The van der Waals surface area contributed by atoms with Crippen LogP contribution in [0, 0.1) is 6.92 Å². The Morgan fingerprint density at radius 2 is 1.91 bits per heavy atom. The summed E-state index contributed by atoms with van der Waals surface area (Å²) < 4.78 is 5.19. The van der Waals surface area contributed by atoms with Gasteiger partial charge in [0.05, 0.1) is 28.9 Å². The Bertz CT molecular complexity index is 776. The molecular weight excluding hydrogens is 359 g/mol. The highest BCUT2D eigenvalue weighted by atomic mass is 35.5. The maximum absolute atomic E-state index is 12.1. The van der Waals surface area contributed by atoms with Gasteiger partial charge in [-0.1, -0.05) is 40.9 Å². The van der Waals surface area contributed by atoms with Crippen molar-refractivity contribution >= 4 is 46.9 Å². The molecule has 1 amide bonds. The van der Waals surface area contributed by atoms with Crippen molar-refractivity contribution in [1.29, 1.82) is 0 Å². The number of benzene rings is 2. The van der Waals surface area contributed by atoms with Crippen LogP contribution in [0.4, 0.5) is 0 Å². The van der Waals surface area contributed by atoms with Gasteiger partial charge in [0.25, 0.3) is 5.91 Å². The lowest BCUT2D eigenvalue weighted by Gasteiger charge is -2.07. The fourth-order valence-electron chi connectivity index (χ4n) is 1.92. The molecule has 0 aliphatic heterocycles. The van der Waals surface area contributed by atoms with E-state index in [1.54, 1.807) is 30.3 Å². The van der Waals surface area contributed by atoms with Crippen LogP contribution in [0.5, 0.6) is 5.75 Å². The predicted molar refractivity (Wildman–Crippen MR) is 94.3 cm³/mol. The number of halogens is 3. The summed E-state index contributed by atoms with van der Waals surface area (Å²) in [5, 5.41) is 5.05. The van der Waals surface area contributed by atoms with Gasteiger partial charge in [-0.2, -0.15) is 5.10 Å². The third kappa shape index (κ3) is 4.38. The molecule has 1 N–H and O–H groups in total. The summed E-state index contributed by atoms with van der Waals surface area (Å²) in [4.78, 5) is 12.1. The first-order chi connectivity index (χ1) is 10.9. The van der Waals surface area contributed by atoms with Gasteiger partial charge in [0.2, 0.25) is 0 Å². The fraction of sp³-hybridized carbons (Fsp3) is 0.125. The lowest BCUT2D eigenvalue weighted by atomic mass is 10.1. The fourth-order valence-corrected chi connectivity index (χ4v) is 2.82. The summed E-state index contributed by atoms with van der Waals surface area (Å²) in [5.74, 6) is 0.000718. The molecule has 0 saturated heterocycles. The Morgan fingerprint density at radius 1 is 1.17 bits per heavy atom. The number of rotatable bonds is 4. The second kappa shape index (κ2) is 7.68. The van der Waals surface area contributed by atoms with Gasteiger partial charge in [-0.15, -0.1) is 0 Å². The van der Waals surface area contributed by atoms with Crippen LogP contribution in [0.3, 0.4) is 0 Å². The van der Waals surface area contributed by atoms with Gasteiger partial charge in [-0.05, 0) is 36.8 Å². The van der Waals surface area contributed by atoms with Crippen molar-refractivity contribution in [2.75, 3.05) is 7.11 Å². The number of nitrogens with zero attached hydrogens (tertiary/aromatic N) is 1. The van der Waals surface area contributed by atoms with Crippen LogP contribution in [0.1, 0.15) is 21.5 Å². The van der Waals surface area contributed by atoms with Crippen LogP contribution in [-0.4, -0.2) is 19.2 Å². The van der Waals surface area contributed by atoms with Crippen molar-refractivity contribution in [2.24, 2.45) is 5.10 Å². The van der Waals surface area contributed by atoms with Crippen molar-refractivity contribution in [3.63, 3.8) is 0 Å². The van der Waals surface area contributed by atoms with E-state index in [9.17, 15) is 4.79 Å². The highest BCUT2D eigenvalue weighted by Crippen LogP contribution is 2.31. The second-order valence-electron chi connectivity index (χ2n) is 4.69. The number of ether oxygens (including phenoxy) is 1. The van der Waals surface area contributed by atoms with Gasteiger partial charge in [-0.25, -0.2) is 5.43 Å². The molecule has 2 rings (SSSR count). The average molecular weight is 372 g/mol. The van der Waals surface area contributed by atoms with E-state index in [1.807, 2.05) is 6.92 Å². The first-order valence-corrected chi connectivity index (χ1v) is 7.68. The summed E-state index contributed by atoms with van der Waals surface area (Å²) >= 11 is 18.0. The molecule has 0 atom stereocenters. The molecule has 2 aromatic rings. The zero-order chi connectivity index (χ0) is 17.0. The number of nitrogens with one attached hydrogen (secondary N) is 1. The molecule has 23 heavy (non-hydrogen) atoms. The van der Waals surface area contributed by atoms with Crippen LogP contribution in [0.25, 0.3) is 0 Å². The molecule has 0 aromatic heterocycles. The molecule has 0 fully saturated rings. The monoisotopic (exact) mass is 370 g/mol. The quantitative estimate of drug-likeness (QED) is 0.624. The Kier molecular flexibility index (Phi) is 5.88. The Balaban J connectivity index is 2.17. The van der Waals surface area contributed by atoms with E-state index in [4.69, 9.17) is 39.5 Å². The van der Waals surface area contributed by atoms with Crippen molar-refractivity contribution in [3.05, 3.63) is 62.1 Å². The molecule has 0 radical (unpaired) electrons. The average Bonchev–Trinajstić information content (AvgIpc) is 2.46. The SMILES string of the molecule is COc1c(Cl)cc(Cl)cc1/C=N\NC(=O)c1ccc(C)cc1Cl. The molecule has 0 heterocycles. The van der Waals surface area contributed by atoms with Crippen molar-refractivity contribution in [2.45, 2.75) is 6.92 Å². The molecule has 0 aliphatic rings. The number of hydrogen-bond acceptors (Lipinski definition) is 3. The van der Waals surface area contributed by atoms with Crippen molar-refractivity contribution < 1.29 is 9.53 Å². The number of carbonyl (C=O) groups excluding carboxylic acids is 1. The lowest BCUT2D eigenvalue weighted by molar-refractivity contribution is 0.0955. The third-order valence-corrected chi connectivity index (χ3v) is 3.79. The summed E-state index contributed by atoms with van der Waals surface area (Å²) in [6, 6.07) is 8.33. The minimum Gasteiger partial charge on any atom is -0.495 e. The van der Waals surface area contributed by atoms with E-state index in [1.165, 1.54) is 13.3 Å². The minimum absolute atomic E-state index is 0.338. The first kappa shape index (κ1) is 17.6. The van der Waals surface area contributed by atoms with Crippen LogP contribution >= 0.6 is 34.8 Å². The van der Waals surface area contributed by atoms with E-state index in [-0.39, 0.29) is 0 Å². The highest BCUT2D eigenvalue weighted by molar-refractivity contribution is 6.36. The molecule has 0 saturated carbocycles. The van der Waals surface area contributed by atoms with Crippen LogP contribution < -0.4 is 10.2 Å². The first-order valence-electron chi connectivity index (χ1n) is 6.55. The standard InChI is InChI=1S/C16H13Cl3N2O2/c1-9-3-4-12(13(18)5-9)16(22)21-20-8-10-6-11(17)7-14(19)15(10)23-2/h3-8H,1-2H3,(H,21,22)/b20-8-. The Labute approximate surface area is 149 Å². The number of carbonyl (C=O) groups is 1. The number of amides is 1. The van der Waals surface area contributed by atoms with E-state index in [2.05, 4.69) is 10.5 Å². The van der Waals surface area contributed by atoms with Crippen LogP contribution in [0.2, 0.25) is 15.1 Å². The molecule has 2 aromatic carbocycles. The number of methoxy groups -OCH3 is 1. The highest BCUT2D eigenvalue weighted by Gasteiger charge is 2.10. The van der Waals surface area contributed by atoms with Gasteiger partial charge in [-0.3, -0.25) is 4.79 Å². The predicted octanol–water partition coefficient (Wildman–Crippen LogP) is 4.73. The Hall–Kier alpha value is -1.75. The van der Waals surface area contributed by atoms with Gasteiger partial charge < -0.3 is 4.74 Å². The summed E-state index contributed by atoms with van der Waals surface area (Å²) in [6.07, 6.45) is 1.40. The van der Waals surface area contributed by atoms with Gasteiger partial charge in [0, 0.05) is 10.6 Å². The summed E-state index contributed by atoms with van der Waals surface area (Å²) in [5.41, 5.74) is 4.25. The Morgan fingerprint density at radius 3 is 2.57 bits per heavy atom. The molecule has 0 unspecified atom stereocenters. The van der Waals surface area contributed by atoms with E-state index < -0.39 is 5.91 Å². The largest absolute Gasteiger partial charge is 0.495 e. The van der Waals surface area contributed by atoms with Crippen molar-refractivity contribution in [1.82, 2.24) is 5.43 Å². The third-order valence-electron chi connectivity index (χ3n) is 2.98. The smallest absolute Gasteiger partial charge is 0.272 e. The van der Waals surface area contributed by atoms with E-state index >= 15 is 0 Å². The molecule has 0 aliphatic carbocycles. The maximum atomic E-state index is 12.1. The van der Waals surface area contributed by atoms with Gasteiger partial charge in [0.15, 0.2) is 0 Å². The topological polar surface area (TPSA) is 50.7 Å². The van der Waals surface area contributed by atoms with E-state index in [0.717, 1.165) is 5.56 Å². The number of hydrazone groups is 1. The molecule has 4 nitrogen and oxygen atoms in total. The maximum Gasteiger partial charge on any atom is 0.272 e. The molecule has 120 valence electrons. The van der Waals surface area contributed by atoms with Crippen LogP contribution in [0.15, 0.2) is 35.4 Å².